The van der Waals surface area contributed by atoms with Crippen molar-refractivity contribution in [2.24, 2.45) is 0 Å². The molecule has 0 aliphatic heterocycles. The third-order valence-electron chi connectivity index (χ3n) is 2.21. The van der Waals surface area contributed by atoms with Crippen LogP contribution in [0.25, 0.3) is 0 Å². The van der Waals surface area contributed by atoms with E-state index in [-0.39, 0.29) is 16.7 Å². The third-order valence-corrected chi connectivity index (χ3v) is 2.51. The molecular weight excluding hydrogens is 226 g/mol. The van der Waals surface area contributed by atoms with Gasteiger partial charge in [0.05, 0.1) is 11.8 Å². The zero-order valence-electron chi connectivity index (χ0n) is 9.79. The van der Waals surface area contributed by atoms with Crippen molar-refractivity contribution in [3.05, 3.63) is 35.8 Å². The Hall–Kier alpha value is -1.22. The standard InChI is InChI=1S/C12H16ClNO2/c1-5-7-14(12(2,3)4)11(15)9-6-8-16-10(9)13/h5-6,8H,1,7H2,2-4H3. The molecule has 0 aliphatic carbocycles. The molecule has 3 nitrogen and oxygen atoms in total. The summed E-state index contributed by atoms with van der Waals surface area (Å²) in [6.45, 7) is 10.0. The van der Waals surface area contributed by atoms with Gasteiger partial charge in [-0.1, -0.05) is 6.08 Å². The highest BCUT2D eigenvalue weighted by molar-refractivity contribution is 6.32. The maximum absolute atomic E-state index is 12.2. The highest BCUT2D eigenvalue weighted by Gasteiger charge is 2.28. The molecule has 1 heterocycles. The van der Waals surface area contributed by atoms with E-state index in [1.807, 2.05) is 20.8 Å². The second-order valence-electron chi connectivity index (χ2n) is 4.48. The molecule has 0 atom stereocenters. The van der Waals surface area contributed by atoms with E-state index in [4.69, 9.17) is 16.0 Å². The van der Waals surface area contributed by atoms with E-state index in [2.05, 4.69) is 6.58 Å². The van der Waals surface area contributed by atoms with Crippen LogP contribution in [-0.4, -0.2) is 22.9 Å². The van der Waals surface area contributed by atoms with Crippen molar-refractivity contribution in [2.45, 2.75) is 26.3 Å². The van der Waals surface area contributed by atoms with Gasteiger partial charge in [0.15, 0.2) is 0 Å². The summed E-state index contributed by atoms with van der Waals surface area (Å²) >= 11 is 5.79. The predicted molar refractivity (Wildman–Crippen MR) is 64.7 cm³/mol. The van der Waals surface area contributed by atoms with Gasteiger partial charge in [-0.2, -0.15) is 0 Å². The van der Waals surface area contributed by atoms with Crippen LogP contribution in [0.1, 0.15) is 31.1 Å². The third kappa shape index (κ3) is 2.67. The number of carbonyl (C=O) groups is 1. The molecule has 0 aliphatic rings. The Morgan fingerprint density at radius 3 is 2.62 bits per heavy atom. The van der Waals surface area contributed by atoms with E-state index in [0.717, 1.165) is 0 Å². The quantitative estimate of drug-likeness (QED) is 0.761. The van der Waals surface area contributed by atoms with Crippen molar-refractivity contribution >= 4 is 17.5 Å². The molecule has 0 radical (unpaired) electrons. The molecular formula is C12H16ClNO2. The van der Waals surface area contributed by atoms with Crippen molar-refractivity contribution in [1.29, 1.82) is 0 Å². The summed E-state index contributed by atoms with van der Waals surface area (Å²) < 4.78 is 4.92. The van der Waals surface area contributed by atoms with E-state index in [1.54, 1.807) is 17.0 Å². The van der Waals surface area contributed by atoms with E-state index in [9.17, 15) is 4.79 Å². The molecule has 0 unspecified atom stereocenters. The van der Waals surface area contributed by atoms with Gasteiger partial charge < -0.3 is 9.32 Å². The first kappa shape index (κ1) is 12.8. The fourth-order valence-corrected chi connectivity index (χ4v) is 1.58. The van der Waals surface area contributed by atoms with Crippen molar-refractivity contribution < 1.29 is 9.21 Å². The molecule has 1 rings (SSSR count). The molecule has 0 fully saturated rings. The van der Waals surface area contributed by atoms with E-state index in [1.165, 1.54) is 6.26 Å². The largest absolute Gasteiger partial charge is 0.452 e. The van der Waals surface area contributed by atoms with Crippen LogP contribution in [0, 0.1) is 0 Å². The van der Waals surface area contributed by atoms with E-state index in [0.29, 0.717) is 12.1 Å². The zero-order valence-corrected chi connectivity index (χ0v) is 10.5. The van der Waals surface area contributed by atoms with Crippen LogP contribution >= 0.6 is 11.6 Å². The highest BCUT2D eigenvalue weighted by Crippen LogP contribution is 2.23. The summed E-state index contributed by atoms with van der Waals surface area (Å²) in [5.74, 6) is -0.147. The Balaban J connectivity index is 3.01. The fourth-order valence-electron chi connectivity index (χ4n) is 1.38. The summed E-state index contributed by atoms with van der Waals surface area (Å²) in [6.07, 6.45) is 3.10. The maximum Gasteiger partial charge on any atom is 0.259 e. The summed E-state index contributed by atoms with van der Waals surface area (Å²) in [6, 6.07) is 1.58. The van der Waals surface area contributed by atoms with Crippen molar-refractivity contribution in [2.75, 3.05) is 6.54 Å². The van der Waals surface area contributed by atoms with Crippen LogP contribution in [0.4, 0.5) is 0 Å². The minimum atomic E-state index is -0.286. The molecule has 0 aromatic carbocycles. The highest BCUT2D eigenvalue weighted by atomic mass is 35.5. The normalized spacial score (nSPS) is 11.2. The lowest BCUT2D eigenvalue weighted by Crippen LogP contribution is -2.45. The number of carbonyl (C=O) groups excluding carboxylic acids is 1. The lowest BCUT2D eigenvalue weighted by molar-refractivity contribution is 0.0616. The van der Waals surface area contributed by atoms with Crippen LogP contribution in [0.15, 0.2) is 29.4 Å². The minimum Gasteiger partial charge on any atom is -0.452 e. The van der Waals surface area contributed by atoms with Gasteiger partial charge in [-0.15, -0.1) is 6.58 Å². The molecule has 1 amide bonds. The Bertz CT molecular complexity index is 390. The van der Waals surface area contributed by atoms with Crippen LogP contribution in [-0.2, 0) is 0 Å². The molecule has 0 N–H and O–H groups in total. The van der Waals surface area contributed by atoms with Gasteiger partial charge in [-0.25, -0.2) is 0 Å². The molecule has 0 saturated carbocycles. The van der Waals surface area contributed by atoms with Crippen LogP contribution in [0.2, 0.25) is 5.22 Å². The molecule has 1 aromatic rings. The fraction of sp³-hybridized carbons (Fsp3) is 0.417. The van der Waals surface area contributed by atoms with Gasteiger partial charge in [0.1, 0.15) is 0 Å². The van der Waals surface area contributed by atoms with Gasteiger partial charge in [-0.3, -0.25) is 4.79 Å². The summed E-state index contributed by atoms with van der Waals surface area (Å²) in [7, 11) is 0. The summed E-state index contributed by atoms with van der Waals surface area (Å²) in [5, 5.41) is 0.128. The molecule has 0 bridgehead atoms. The van der Waals surface area contributed by atoms with Gasteiger partial charge >= 0.3 is 0 Å². The van der Waals surface area contributed by atoms with Gasteiger partial charge in [0, 0.05) is 12.1 Å². The Morgan fingerprint density at radius 1 is 1.62 bits per heavy atom. The van der Waals surface area contributed by atoms with Crippen molar-refractivity contribution in [1.82, 2.24) is 4.90 Å². The smallest absolute Gasteiger partial charge is 0.259 e. The second kappa shape index (κ2) is 4.74. The SMILES string of the molecule is C=CCN(C(=O)c1ccoc1Cl)C(C)(C)C. The molecule has 88 valence electrons. The van der Waals surface area contributed by atoms with Crippen LogP contribution in [0.5, 0.6) is 0 Å². The number of rotatable bonds is 3. The molecule has 1 aromatic heterocycles. The first-order valence-electron chi connectivity index (χ1n) is 5.03. The summed E-state index contributed by atoms with van der Waals surface area (Å²) in [4.78, 5) is 13.9. The molecule has 0 saturated heterocycles. The lowest BCUT2D eigenvalue weighted by atomic mass is 10.0. The number of amides is 1. The van der Waals surface area contributed by atoms with E-state index >= 15 is 0 Å². The van der Waals surface area contributed by atoms with Gasteiger partial charge in [0.2, 0.25) is 5.22 Å². The maximum atomic E-state index is 12.2. The van der Waals surface area contributed by atoms with Gasteiger partial charge in [-0.05, 0) is 38.4 Å². The van der Waals surface area contributed by atoms with Crippen molar-refractivity contribution in [3.8, 4) is 0 Å². The first-order valence-corrected chi connectivity index (χ1v) is 5.41. The number of hydrogen-bond acceptors (Lipinski definition) is 2. The van der Waals surface area contributed by atoms with Gasteiger partial charge in [0.25, 0.3) is 5.91 Å². The predicted octanol–water partition coefficient (Wildman–Crippen LogP) is 3.36. The van der Waals surface area contributed by atoms with Crippen LogP contribution in [0.3, 0.4) is 0 Å². The minimum absolute atomic E-state index is 0.128. The number of furan rings is 1. The Morgan fingerprint density at radius 2 is 2.25 bits per heavy atom. The van der Waals surface area contributed by atoms with E-state index < -0.39 is 0 Å². The monoisotopic (exact) mass is 241 g/mol. The Kier molecular flexibility index (Phi) is 3.81. The Labute approximate surface area is 101 Å². The second-order valence-corrected chi connectivity index (χ2v) is 4.83. The molecule has 0 spiro atoms. The number of hydrogen-bond donors (Lipinski definition) is 0. The molecule has 4 heteroatoms. The van der Waals surface area contributed by atoms with Crippen molar-refractivity contribution in [3.63, 3.8) is 0 Å². The topological polar surface area (TPSA) is 33.5 Å². The average Bonchev–Trinajstić information content (AvgIpc) is 2.58. The average molecular weight is 242 g/mol. The summed E-state index contributed by atoms with van der Waals surface area (Å²) in [5.41, 5.74) is 0.102. The molecule has 16 heavy (non-hydrogen) atoms. The number of halogens is 1. The zero-order chi connectivity index (χ0) is 12.3. The first-order chi connectivity index (χ1) is 7.38. The lowest BCUT2D eigenvalue weighted by Gasteiger charge is -2.34. The van der Waals surface area contributed by atoms with Crippen LogP contribution < -0.4 is 0 Å². The number of nitrogens with zero attached hydrogens (tertiary/aromatic N) is 1.